The van der Waals surface area contributed by atoms with Crippen molar-refractivity contribution in [2.24, 2.45) is 0 Å². The van der Waals surface area contributed by atoms with Crippen molar-refractivity contribution in [2.45, 2.75) is 6.92 Å². The number of benzene rings is 2. The molecule has 0 radical (unpaired) electrons. The molecule has 0 bridgehead atoms. The summed E-state index contributed by atoms with van der Waals surface area (Å²) in [6, 6.07) is 15.5. The Morgan fingerprint density at radius 3 is 2.55 bits per heavy atom. The minimum atomic E-state index is -0.878. The summed E-state index contributed by atoms with van der Waals surface area (Å²) < 4.78 is 28.8. The lowest BCUT2D eigenvalue weighted by Crippen LogP contribution is -2.14. The molecule has 1 N–H and O–H groups in total. The predicted octanol–water partition coefficient (Wildman–Crippen LogP) is 4.72. The highest BCUT2D eigenvalue weighted by atomic mass is 19.1. The second kappa shape index (κ2) is 8.19. The molecule has 0 saturated heterocycles. The van der Waals surface area contributed by atoms with Crippen molar-refractivity contribution in [1.29, 1.82) is 0 Å². The summed E-state index contributed by atoms with van der Waals surface area (Å²) in [6.07, 6.45) is 3.21. The van der Waals surface area contributed by atoms with Crippen molar-refractivity contribution in [1.82, 2.24) is 24.7 Å². The van der Waals surface area contributed by atoms with Crippen molar-refractivity contribution in [2.75, 3.05) is 5.32 Å². The summed E-state index contributed by atoms with van der Waals surface area (Å²) >= 11 is 0. The molecule has 0 saturated carbocycles. The van der Waals surface area contributed by atoms with Gasteiger partial charge in [0.15, 0.2) is 11.5 Å². The highest BCUT2D eigenvalue weighted by Crippen LogP contribution is 2.26. The zero-order valence-electron chi connectivity index (χ0n) is 17.3. The van der Waals surface area contributed by atoms with E-state index in [-0.39, 0.29) is 11.4 Å². The van der Waals surface area contributed by atoms with Gasteiger partial charge >= 0.3 is 0 Å². The van der Waals surface area contributed by atoms with E-state index in [2.05, 4.69) is 25.4 Å². The Labute approximate surface area is 186 Å². The molecule has 5 aromatic rings. The topological polar surface area (TPSA) is 85.6 Å². The van der Waals surface area contributed by atoms with Gasteiger partial charge in [-0.3, -0.25) is 14.8 Å². The standard InChI is InChI=1S/C24H16F2N6O/c1-14-3-2-4-23(29-14)32-22(15-5-7-19-20(11-15)28-10-9-27-19)13-21(31-32)24(33)30-18-8-6-16(25)12-17(18)26/h2-13H,1H3,(H,30,33). The average Bonchev–Trinajstić information content (AvgIpc) is 3.26. The maximum Gasteiger partial charge on any atom is 0.276 e. The normalized spacial score (nSPS) is 11.0. The maximum absolute atomic E-state index is 14.0. The van der Waals surface area contributed by atoms with E-state index in [0.29, 0.717) is 23.1 Å². The SMILES string of the molecule is Cc1cccc(-n2nc(C(=O)Nc3ccc(F)cc3F)cc2-c2ccc3nccnc3c2)n1. The fraction of sp³-hybridized carbons (Fsp3) is 0.0417. The number of nitrogens with one attached hydrogen (secondary N) is 1. The van der Waals surface area contributed by atoms with Gasteiger partial charge in [0.05, 0.1) is 22.4 Å². The van der Waals surface area contributed by atoms with Crippen molar-refractivity contribution in [3.05, 3.63) is 96.1 Å². The van der Waals surface area contributed by atoms with Crippen LogP contribution in [0.15, 0.2) is 73.1 Å². The van der Waals surface area contributed by atoms with E-state index in [1.807, 2.05) is 37.3 Å². The van der Waals surface area contributed by atoms with E-state index in [9.17, 15) is 13.6 Å². The number of carbonyl (C=O) groups is 1. The summed E-state index contributed by atoms with van der Waals surface area (Å²) in [5.41, 5.74) is 3.41. The molecule has 0 fully saturated rings. The number of hydrogen-bond donors (Lipinski definition) is 1. The number of aryl methyl sites for hydroxylation is 1. The third-order valence-corrected chi connectivity index (χ3v) is 4.98. The summed E-state index contributed by atoms with van der Waals surface area (Å²) in [7, 11) is 0. The number of halogens is 2. The first-order valence-electron chi connectivity index (χ1n) is 9.99. The van der Waals surface area contributed by atoms with Crippen LogP contribution in [-0.2, 0) is 0 Å². The fourth-order valence-electron chi connectivity index (χ4n) is 3.42. The first-order chi connectivity index (χ1) is 16.0. The second-order valence-electron chi connectivity index (χ2n) is 7.30. The van der Waals surface area contributed by atoms with Crippen LogP contribution in [0.25, 0.3) is 28.1 Å². The van der Waals surface area contributed by atoms with Gasteiger partial charge in [0.2, 0.25) is 0 Å². The van der Waals surface area contributed by atoms with Crippen molar-refractivity contribution >= 4 is 22.6 Å². The van der Waals surface area contributed by atoms with Gasteiger partial charge in [0.1, 0.15) is 11.6 Å². The number of aromatic nitrogens is 5. The van der Waals surface area contributed by atoms with Gasteiger partial charge in [-0.25, -0.2) is 18.4 Å². The molecule has 0 unspecified atom stereocenters. The van der Waals surface area contributed by atoms with Crippen LogP contribution in [0.1, 0.15) is 16.2 Å². The molecule has 0 spiro atoms. The molecule has 162 valence electrons. The number of pyridine rings is 1. The van der Waals surface area contributed by atoms with Gasteiger partial charge in [-0.15, -0.1) is 0 Å². The largest absolute Gasteiger partial charge is 0.318 e. The van der Waals surface area contributed by atoms with Crippen molar-refractivity contribution < 1.29 is 13.6 Å². The number of rotatable bonds is 4. The lowest BCUT2D eigenvalue weighted by atomic mass is 10.1. The molecule has 5 rings (SSSR count). The van der Waals surface area contributed by atoms with E-state index in [1.54, 1.807) is 29.2 Å². The molecule has 3 heterocycles. The number of nitrogens with zero attached hydrogens (tertiary/aromatic N) is 5. The third-order valence-electron chi connectivity index (χ3n) is 4.98. The quantitative estimate of drug-likeness (QED) is 0.435. The highest BCUT2D eigenvalue weighted by molar-refractivity contribution is 6.03. The van der Waals surface area contributed by atoms with Gasteiger partial charge in [-0.2, -0.15) is 5.10 Å². The fourth-order valence-corrected chi connectivity index (χ4v) is 3.42. The molecule has 2 aromatic carbocycles. The summed E-state index contributed by atoms with van der Waals surface area (Å²) in [5, 5.41) is 6.87. The molecule has 33 heavy (non-hydrogen) atoms. The van der Waals surface area contributed by atoms with Crippen LogP contribution in [0.5, 0.6) is 0 Å². The molecule has 9 heteroatoms. The van der Waals surface area contributed by atoms with Crippen molar-refractivity contribution in [3.8, 4) is 17.1 Å². The summed E-state index contributed by atoms with van der Waals surface area (Å²) in [5.74, 6) is -1.75. The van der Waals surface area contributed by atoms with E-state index in [4.69, 9.17) is 0 Å². The molecule has 0 aliphatic heterocycles. The Morgan fingerprint density at radius 1 is 0.939 bits per heavy atom. The van der Waals surface area contributed by atoms with Crippen molar-refractivity contribution in [3.63, 3.8) is 0 Å². The van der Waals surface area contributed by atoms with E-state index in [1.165, 1.54) is 0 Å². The Morgan fingerprint density at radius 2 is 1.76 bits per heavy atom. The Kier molecular flexibility index (Phi) is 5.06. The number of carbonyl (C=O) groups excluding carboxylic acids is 1. The maximum atomic E-state index is 14.0. The lowest BCUT2D eigenvalue weighted by Gasteiger charge is -2.08. The first-order valence-corrected chi connectivity index (χ1v) is 9.99. The van der Waals surface area contributed by atoms with Gasteiger partial charge in [0, 0.05) is 29.7 Å². The molecular weight excluding hydrogens is 426 g/mol. The van der Waals surface area contributed by atoms with E-state index in [0.717, 1.165) is 28.9 Å². The zero-order chi connectivity index (χ0) is 22.9. The first kappa shape index (κ1) is 20.4. The van der Waals surface area contributed by atoms with Crippen LogP contribution in [0.3, 0.4) is 0 Å². The number of anilines is 1. The molecule has 1 amide bonds. The summed E-state index contributed by atoms with van der Waals surface area (Å²) in [4.78, 5) is 26.0. The molecule has 7 nitrogen and oxygen atoms in total. The minimum absolute atomic E-state index is 0.0382. The van der Waals surface area contributed by atoms with Crippen LogP contribution >= 0.6 is 0 Å². The smallest absolute Gasteiger partial charge is 0.276 e. The Balaban J connectivity index is 1.60. The Hall–Kier alpha value is -4.53. The number of fused-ring (bicyclic) bond motifs is 1. The van der Waals surface area contributed by atoms with Gasteiger partial charge < -0.3 is 5.32 Å². The van der Waals surface area contributed by atoms with Gasteiger partial charge in [-0.05, 0) is 49.4 Å². The van der Waals surface area contributed by atoms with Crippen LogP contribution in [-0.4, -0.2) is 30.6 Å². The Bertz CT molecular complexity index is 1510. The lowest BCUT2D eigenvalue weighted by molar-refractivity contribution is 0.102. The predicted molar refractivity (Wildman–Crippen MR) is 119 cm³/mol. The molecule has 0 aliphatic carbocycles. The van der Waals surface area contributed by atoms with E-state index >= 15 is 0 Å². The zero-order valence-corrected chi connectivity index (χ0v) is 17.3. The van der Waals surface area contributed by atoms with Gasteiger partial charge in [-0.1, -0.05) is 12.1 Å². The van der Waals surface area contributed by atoms with E-state index < -0.39 is 17.5 Å². The second-order valence-corrected chi connectivity index (χ2v) is 7.30. The van der Waals surface area contributed by atoms with Gasteiger partial charge in [0.25, 0.3) is 5.91 Å². The highest BCUT2D eigenvalue weighted by Gasteiger charge is 2.19. The third kappa shape index (κ3) is 4.03. The molecule has 0 aliphatic rings. The minimum Gasteiger partial charge on any atom is -0.318 e. The van der Waals surface area contributed by atoms with Crippen LogP contribution < -0.4 is 5.32 Å². The molecular formula is C24H16F2N6O. The average molecular weight is 442 g/mol. The number of hydrogen-bond acceptors (Lipinski definition) is 5. The summed E-state index contributed by atoms with van der Waals surface area (Å²) in [6.45, 7) is 1.85. The number of amides is 1. The van der Waals surface area contributed by atoms with Crippen LogP contribution in [0.2, 0.25) is 0 Å². The molecule has 3 aromatic heterocycles. The van der Waals surface area contributed by atoms with Crippen LogP contribution in [0.4, 0.5) is 14.5 Å². The van der Waals surface area contributed by atoms with Crippen LogP contribution in [0, 0.1) is 18.6 Å². The monoisotopic (exact) mass is 442 g/mol. The molecule has 0 atom stereocenters.